The summed E-state index contributed by atoms with van der Waals surface area (Å²) in [5.74, 6) is -0.112. The maximum Gasteiger partial charge on any atom is 0.262 e. The molecular formula is C22H22ClN3O6S2. The highest BCUT2D eigenvalue weighted by atomic mass is 35.5. The van der Waals surface area contributed by atoms with E-state index in [-0.39, 0.29) is 18.0 Å². The number of ether oxygens (including phenoxy) is 1. The van der Waals surface area contributed by atoms with Gasteiger partial charge in [0.2, 0.25) is 20.0 Å². The quantitative estimate of drug-likeness (QED) is 0.442. The van der Waals surface area contributed by atoms with Gasteiger partial charge >= 0.3 is 0 Å². The summed E-state index contributed by atoms with van der Waals surface area (Å²) in [6.07, 6.45) is 1.11. The van der Waals surface area contributed by atoms with Gasteiger partial charge in [-0.1, -0.05) is 29.8 Å². The molecule has 180 valence electrons. The van der Waals surface area contributed by atoms with E-state index in [0.717, 1.165) is 6.26 Å². The fraction of sp³-hybridized carbons (Fsp3) is 0.136. The van der Waals surface area contributed by atoms with Crippen molar-refractivity contribution >= 4 is 48.9 Å². The molecule has 0 saturated carbocycles. The van der Waals surface area contributed by atoms with Gasteiger partial charge in [0, 0.05) is 10.7 Å². The SMILES string of the molecule is CS(=O)(=O)N(Cc1ccccc1Cl)c1ccc(OCC(=O)Nc2ccc(S(N)(=O)=O)cc2)cc1. The Morgan fingerprint density at radius 3 is 2.15 bits per heavy atom. The van der Waals surface area contributed by atoms with Crippen LogP contribution in [0.25, 0.3) is 0 Å². The Morgan fingerprint density at radius 1 is 0.971 bits per heavy atom. The number of nitrogens with zero attached hydrogens (tertiary/aromatic N) is 1. The highest BCUT2D eigenvalue weighted by Gasteiger charge is 2.19. The van der Waals surface area contributed by atoms with Crippen molar-refractivity contribution < 1.29 is 26.4 Å². The summed E-state index contributed by atoms with van der Waals surface area (Å²) in [6.45, 7) is -0.253. The molecule has 0 aromatic heterocycles. The number of carbonyl (C=O) groups excluding carboxylic acids is 1. The number of anilines is 2. The van der Waals surface area contributed by atoms with Crippen LogP contribution in [0.5, 0.6) is 5.75 Å². The normalized spacial score (nSPS) is 11.6. The summed E-state index contributed by atoms with van der Waals surface area (Å²) >= 11 is 6.18. The van der Waals surface area contributed by atoms with Crippen molar-refractivity contribution in [3.63, 3.8) is 0 Å². The summed E-state index contributed by atoms with van der Waals surface area (Å²) in [5.41, 5.74) is 1.44. The van der Waals surface area contributed by atoms with Gasteiger partial charge in [-0.05, 0) is 60.2 Å². The lowest BCUT2D eigenvalue weighted by atomic mass is 10.2. The van der Waals surface area contributed by atoms with Crippen molar-refractivity contribution in [3.05, 3.63) is 83.4 Å². The van der Waals surface area contributed by atoms with Crippen LogP contribution in [0.15, 0.2) is 77.7 Å². The van der Waals surface area contributed by atoms with E-state index in [4.69, 9.17) is 21.5 Å². The van der Waals surface area contributed by atoms with Gasteiger partial charge in [0.15, 0.2) is 6.61 Å². The van der Waals surface area contributed by atoms with Crippen LogP contribution in [0.1, 0.15) is 5.56 Å². The first-order valence-electron chi connectivity index (χ1n) is 9.80. The van der Waals surface area contributed by atoms with Gasteiger partial charge < -0.3 is 10.1 Å². The summed E-state index contributed by atoms with van der Waals surface area (Å²) in [5, 5.41) is 8.07. The fourth-order valence-electron chi connectivity index (χ4n) is 2.96. The molecule has 0 aliphatic carbocycles. The van der Waals surface area contributed by atoms with Gasteiger partial charge in [0.05, 0.1) is 23.4 Å². The average molecular weight is 524 g/mol. The minimum absolute atomic E-state index is 0.0609. The largest absolute Gasteiger partial charge is 0.484 e. The van der Waals surface area contributed by atoms with Gasteiger partial charge in [0.1, 0.15) is 5.75 Å². The van der Waals surface area contributed by atoms with E-state index in [9.17, 15) is 21.6 Å². The zero-order chi connectivity index (χ0) is 24.9. The maximum absolute atomic E-state index is 12.4. The van der Waals surface area contributed by atoms with Gasteiger partial charge in [-0.25, -0.2) is 22.0 Å². The van der Waals surface area contributed by atoms with Crippen molar-refractivity contribution in [1.82, 2.24) is 0 Å². The van der Waals surface area contributed by atoms with Gasteiger partial charge in [0.25, 0.3) is 5.91 Å². The molecule has 0 atom stereocenters. The first-order chi connectivity index (χ1) is 15.9. The van der Waals surface area contributed by atoms with Crippen LogP contribution in [0.2, 0.25) is 5.02 Å². The summed E-state index contributed by atoms with van der Waals surface area (Å²) in [4.78, 5) is 12.1. The van der Waals surface area contributed by atoms with Crippen molar-refractivity contribution in [2.75, 3.05) is 22.5 Å². The van der Waals surface area contributed by atoms with Gasteiger partial charge in [-0.2, -0.15) is 0 Å². The summed E-state index contributed by atoms with van der Waals surface area (Å²) < 4.78 is 54.0. The smallest absolute Gasteiger partial charge is 0.262 e. The number of rotatable bonds is 9. The third-order valence-corrected chi connectivity index (χ3v) is 7.07. The van der Waals surface area contributed by atoms with Crippen molar-refractivity contribution in [3.8, 4) is 5.75 Å². The van der Waals surface area contributed by atoms with Crippen LogP contribution < -0.4 is 19.5 Å². The topological polar surface area (TPSA) is 136 Å². The number of amides is 1. The number of halogens is 1. The lowest BCUT2D eigenvalue weighted by Crippen LogP contribution is -2.29. The first-order valence-corrected chi connectivity index (χ1v) is 13.6. The molecule has 0 radical (unpaired) electrons. The average Bonchev–Trinajstić information content (AvgIpc) is 2.76. The maximum atomic E-state index is 12.4. The van der Waals surface area contributed by atoms with E-state index >= 15 is 0 Å². The number of nitrogens with two attached hydrogens (primary N) is 1. The predicted molar refractivity (Wildman–Crippen MR) is 131 cm³/mol. The van der Waals surface area contributed by atoms with Crippen molar-refractivity contribution in [1.29, 1.82) is 0 Å². The molecule has 9 nitrogen and oxygen atoms in total. The minimum Gasteiger partial charge on any atom is -0.484 e. The van der Waals surface area contributed by atoms with Gasteiger partial charge in [-0.3, -0.25) is 9.10 Å². The minimum atomic E-state index is -3.82. The summed E-state index contributed by atoms with van der Waals surface area (Å²) in [7, 11) is -7.41. The van der Waals surface area contributed by atoms with Crippen LogP contribution in [-0.2, 0) is 31.4 Å². The van der Waals surface area contributed by atoms with Crippen molar-refractivity contribution in [2.24, 2.45) is 5.14 Å². The Kier molecular flexibility index (Phi) is 7.82. The molecule has 3 N–H and O–H groups in total. The summed E-state index contributed by atoms with van der Waals surface area (Å²) in [6, 6.07) is 18.6. The number of hydrogen-bond acceptors (Lipinski definition) is 6. The number of carbonyl (C=O) groups is 1. The Morgan fingerprint density at radius 2 is 1.59 bits per heavy atom. The molecule has 0 saturated heterocycles. The number of nitrogens with one attached hydrogen (secondary N) is 1. The molecule has 0 heterocycles. The molecule has 0 aliphatic rings. The molecule has 0 fully saturated rings. The Balaban J connectivity index is 1.63. The van der Waals surface area contributed by atoms with Crippen LogP contribution in [0, 0.1) is 0 Å². The molecule has 1 amide bonds. The first kappa shape index (κ1) is 25.5. The van der Waals surface area contributed by atoms with Gasteiger partial charge in [-0.15, -0.1) is 0 Å². The Hall–Kier alpha value is -3.12. The van der Waals surface area contributed by atoms with Crippen LogP contribution in [0.3, 0.4) is 0 Å². The standard InChI is InChI=1S/C22H22ClN3O6S2/c1-33(28,29)26(14-16-4-2-3-5-21(16)23)18-8-10-19(11-9-18)32-15-22(27)25-17-6-12-20(13-7-17)34(24,30)31/h2-13H,14-15H2,1H3,(H,25,27)(H2,24,30,31). The molecule has 0 spiro atoms. The number of benzene rings is 3. The second-order valence-electron chi connectivity index (χ2n) is 7.26. The molecular weight excluding hydrogens is 502 g/mol. The van der Waals surface area contributed by atoms with Crippen LogP contribution in [-0.4, -0.2) is 35.6 Å². The number of hydrogen-bond donors (Lipinski definition) is 2. The zero-order valence-corrected chi connectivity index (χ0v) is 20.4. The molecule has 0 aliphatic heterocycles. The Labute approximate surface area is 203 Å². The predicted octanol–water partition coefficient (Wildman–Crippen LogP) is 2.97. The number of primary sulfonamides is 1. The van der Waals surface area contributed by atoms with E-state index in [1.165, 1.54) is 28.6 Å². The number of sulfonamides is 2. The van der Waals surface area contributed by atoms with E-state index < -0.39 is 26.0 Å². The van der Waals surface area contributed by atoms with E-state index in [0.29, 0.717) is 27.7 Å². The molecule has 3 aromatic carbocycles. The third kappa shape index (κ3) is 6.94. The molecule has 0 bridgehead atoms. The lowest BCUT2D eigenvalue weighted by Gasteiger charge is -2.23. The molecule has 34 heavy (non-hydrogen) atoms. The highest BCUT2D eigenvalue weighted by Crippen LogP contribution is 2.26. The monoisotopic (exact) mass is 523 g/mol. The second-order valence-corrected chi connectivity index (χ2v) is 11.1. The molecule has 0 unspecified atom stereocenters. The van der Waals surface area contributed by atoms with E-state index in [1.54, 1.807) is 48.5 Å². The Bertz CT molecular complexity index is 1380. The van der Waals surface area contributed by atoms with E-state index in [2.05, 4.69) is 5.32 Å². The van der Waals surface area contributed by atoms with Crippen molar-refractivity contribution in [2.45, 2.75) is 11.4 Å². The fourth-order valence-corrected chi connectivity index (χ4v) is 4.55. The second kappa shape index (κ2) is 10.4. The zero-order valence-electron chi connectivity index (χ0n) is 18.0. The molecule has 3 rings (SSSR count). The molecule has 12 heteroatoms. The van der Waals surface area contributed by atoms with Crippen LogP contribution in [0.4, 0.5) is 11.4 Å². The molecule has 3 aromatic rings. The third-order valence-electron chi connectivity index (χ3n) is 4.63. The van der Waals surface area contributed by atoms with Crippen LogP contribution >= 0.6 is 11.6 Å². The van der Waals surface area contributed by atoms with E-state index in [1.807, 2.05) is 0 Å². The lowest BCUT2D eigenvalue weighted by molar-refractivity contribution is -0.118. The highest BCUT2D eigenvalue weighted by molar-refractivity contribution is 7.92.